The number of pyridine rings is 2. The number of aliphatic hydroxyl groups is 1. The molecule has 0 saturated carbocycles. The summed E-state index contributed by atoms with van der Waals surface area (Å²) in [5.74, 6) is 0.951. The quantitative estimate of drug-likeness (QED) is 0.398. The first-order valence-corrected chi connectivity index (χ1v) is 11.4. The third-order valence-electron chi connectivity index (χ3n) is 4.82. The zero-order valence-electron chi connectivity index (χ0n) is 20.0. The molecule has 0 bridgehead atoms. The highest BCUT2D eigenvalue weighted by atomic mass is 16.2. The number of aryl methyl sites for hydroxylation is 1. The van der Waals surface area contributed by atoms with E-state index in [-0.39, 0.29) is 0 Å². The molecule has 0 aromatic carbocycles. The molecule has 0 saturated heterocycles. The molecular formula is C24H37N7O. The number of aliphatic hydroxyl groups excluding tert-OH is 1. The van der Waals surface area contributed by atoms with Crippen LogP contribution in [0.3, 0.4) is 0 Å². The van der Waals surface area contributed by atoms with Gasteiger partial charge in [-0.15, -0.1) is 0 Å². The van der Waals surface area contributed by atoms with Gasteiger partial charge in [0, 0.05) is 62.0 Å². The number of hydrogen-bond acceptors (Lipinski definition) is 6. The fourth-order valence-electron chi connectivity index (χ4n) is 3.61. The molecule has 0 aliphatic carbocycles. The van der Waals surface area contributed by atoms with E-state index in [1.165, 1.54) is 6.42 Å². The SMILES string of the molecule is CCC.CCCN(CCN)c1nc(-c2c[nH]c3ncccc23)cc2cnn(CC)c12.CO. The first-order valence-electron chi connectivity index (χ1n) is 11.4. The minimum Gasteiger partial charge on any atom is -0.400 e. The van der Waals surface area contributed by atoms with Gasteiger partial charge in [-0.05, 0) is 31.5 Å². The Labute approximate surface area is 190 Å². The van der Waals surface area contributed by atoms with E-state index < -0.39 is 0 Å². The number of hydrogen-bond donors (Lipinski definition) is 3. The van der Waals surface area contributed by atoms with E-state index in [4.69, 9.17) is 15.8 Å². The summed E-state index contributed by atoms with van der Waals surface area (Å²) in [5.41, 5.74) is 9.80. The molecule has 4 rings (SSSR count). The van der Waals surface area contributed by atoms with Crippen molar-refractivity contribution in [3.05, 3.63) is 36.8 Å². The van der Waals surface area contributed by atoms with Crippen LogP contribution in [0.2, 0.25) is 0 Å². The first-order chi connectivity index (χ1) is 15.7. The Hall–Kier alpha value is -2.97. The third-order valence-corrected chi connectivity index (χ3v) is 4.82. The van der Waals surface area contributed by atoms with Crippen molar-refractivity contribution in [1.29, 1.82) is 0 Å². The molecule has 174 valence electrons. The topological polar surface area (TPSA) is 109 Å². The highest BCUT2D eigenvalue weighted by Gasteiger charge is 2.18. The molecule has 0 unspecified atom stereocenters. The van der Waals surface area contributed by atoms with Crippen LogP contribution in [0.15, 0.2) is 36.8 Å². The summed E-state index contributed by atoms with van der Waals surface area (Å²) in [5, 5.41) is 13.7. The van der Waals surface area contributed by atoms with Crippen molar-refractivity contribution in [2.45, 2.75) is 47.1 Å². The van der Waals surface area contributed by atoms with Gasteiger partial charge in [-0.3, -0.25) is 4.68 Å². The fraction of sp³-hybridized carbons (Fsp3) is 0.458. The fourth-order valence-corrected chi connectivity index (χ4v) is 3.61. The number of nitrogens with zero attached hydrogens (tertiary/aromatic N) is 5. The summed E-state index contributed by atoms with van der Waals surface area (Å²) in [4.78, 5) is 15.0. The lowest BCUT2D eigenvalue weighted by Gasteiger charge is -2.24. The van der Waals surface area contributed by atoms with Gasteiger partial charge in [0.2, 0.25) is 0 Å². The smallest absolute Gasteiger partial charge is 0.155 e. The second-order valence-electron chi connectivity index (χ2n) is 7.31. The molecule has 0 radical (unpaired) electrons. The summed E-state index contributed by atoms with van der Waals surface area (Å²) in [7, 11) is 1.00. The Morgan fingerprint density at radius 3 is 2.56 bits per heavy atom. The Morgan fingerprint density at radius 1 is 1.16 bits per heavy atom. The van der Waals surface area contributed by atoms with E-state index in [2.05, 4.69) is 59.8 Å². The Morgan fingerprint density at radius 2 is 1.91 bits per heavy atom. The molecule has 8 nitrogen and oxygen atoms in total. The highest BCUT2D eigenvalue weighted by molar-refractivity contribution is 5.97. The lowest BCUT2D eigenvalue weighted by atomic mass is 10.1. The van der Waals surface area contributed by atoms with Crippen LogP contribution in [0.25, 0.3) is 33.2 Å². The molecular weight excluding hydrogens is 402 g/mol. The second kappa shape index (κ2) is 12.8. The number of nitrogens with two attached hydrogens (primary N) is 1. The largest absolute Gasteiger partial charge is 0.400 e. The number of aromatic amines is 1. The molecule has 4 aromatic rings. The van der Waals surface area contributed by atoms with Crippen LogP contribution in [0.4, 0.5) is 5.82 Å². The molecule has 0 aliphatic rings. The average molecular weight is 440 g/mol. The van der Waals surface area contributed by atoms with Crippen molar-refractivity contribution in [3.8, 4) is 11.3 Å². The zero-order valence-corrected chi connectivity index (χ0v) is 20.0. The summed E-state index contributed by atoms with van der Waals surface area (Å²) in [6.07, 6.45) is 7.98. The summed E-state index contributed by atoms with van der Waals surface area (Å²) in [6.45, 7) is 11.6. The van der Waals surface area contributed by atoms with Gasteiger partial charge in [0.1, 0.15) is 11.2 Å². The molecule has 4 N–H and O–H groups in total. The maximum absolute atomic E-state index is 7.00. The van der Waals surface area contributed by atoms with Crippen LogP contribution >= 0.6 is 0 Å². The van der Waals surface area contributed by atoms with Crippen molar-refractivity contribution in [2.75, 3.05) is 31.6 Å². The molecule has 0 spiro atoms. The molecule has 4 aromatic heterocycles. The first kappa shape index (κ1) is 25.3. The maximum atomic E-state index is 7.00. The Bertz CT molecular complexity index is 1080. The lowest BCUT2D eigenvalue weighted by Crippen LogP contribution is -2.31. The van der Waals surface area contributed by atoms with Gasteiger partial charge < -0.3 is 20.7 Å². The number of fused-ring (bicyclic) bond motifs is 2. The molecule has 0 aliphatic heterocycles. The number of aromatic nitrogens is 5. The maximum Gasteiger partial charge on any atom is 0.155 e. The highest BCUT2D eigenvalue weighted by Crippen LogP contribution is 2.33. The summed E-state index contributed by atoms with van der Waals surface area (Å²) >= 11 is 0. The van der Waals surface area contributed by atoms with E-state index in [9.17, 15) is 0 Å². The molecule has 0 fully saturated rings. The Balaban J connectivity index is 0.000000671. The van der Waals surface area contributed by atoms with Gasteiger partial charge in [-0.1, -0.05) is 27.2 Å². The molecule has 0 amide bonds. The molecule has 32 heavy (non-hydrogen) atoms. The third kappa shape index (κ3) is 5.44. The monoisotopic (exact) mass is 439 g/mol. The van der Waals surface area contributed by atoms with Gasteiger partial charge in [0.25, 0.3) is 0 Å². The summed E-state index contributed by atoms with van der Waals surface area (Å²) < 4.78 is 2.01. The van der Waals surface area contributed by atoms with Crippen LogP contribution in [0.1, 0.15) is 40.5 Å². The molecule has 4 heterocycles. The van der Waals surface area contributed by atoms with Crippen molar-refractivity contribution in [3.63, 3.8) is 0 Å². The predicted octanol–water partition coefficient (Wildman–Crippen LogP) is 4.19. The number of anilines is 1. The zero-order chi connectivity index (χ0) is 23.5. The van der Waals surface area contributed by atoms with Crippen LogP contribution in [-0.2, 0) is 6.54 Å². The van der Waals surface area contributed by atoms with Crippen LogP contribution in [-0.4, -0.2) is 56.6 Å². The number of nitrogens with one attached hydrogen (secondary N) is 1. The molecule has 8 heteroatoms. The van der Waals surface area contributed by atoms with Gasteiger partial charge in [0.05, 0.1) is 11.9 Å². The number of rotatable bonds is 7. The molecule has 0 atom stereocenters. The van der Waals surface area contributed by atoms with E-state index in [0.717, 1.165) is 72.2 Å². The van der Waals surface area contributed by atoms with E-state index >= 15 is 0 Å². The second-order valence-corrected chi connectivity index (χ2v) is 7.31. The van der Waals surface area contributed by atoms with Gasteiger partial charge in [-0.25, -0.2) is 9.97 Å². The Kier molecular flexibility index (Phi) is 10.1. The minimum atomic E-state index is 0.588. The van der Waals surface area contributed by atoms with Gasteiger partial charge >= 0.3 is 0 Å². The van der Waals surface area contributed by atoms with E-state index in [0.29, 0.717) is 6.54 Å². The normalized spacial score (nSPS) is 10.5. The predicted molar refractivity (Wildman–Crippen MR) is 134 cm³/mol. The van der Waals surface area contributed by atoms with Crippen LogP contribution in [0.5, 0.6) is 0 Å². The average Bonchev–Trinajstić information content (AvgIpc) is 3.44. The van der Waals surface area contributed by atoms with Crippen LogP contribution < -0.4 is 10.6 Å². The number of H-pyrrole nitrogens is 1. The van der Waals surface area contributed by atoms with Crippen LogP contribution in [0, 0.1) is 0 Å². The standard InChI is InChI=1S/C20H25N7.C3H8.CH4O/c1-3-9-26(10-7-21)20-18-14(12-24-27(18)4-2)11-17(25-20)16-13-23-19-15(16)6-5-8-22-19;1-3-2;1-2/h5-6,8,11-13H,3-4,7,9-10,21H2,1-2H3,(H,22,23);3H2,1-2H3;2H,1H3. The minimum absolute atomic E-state index is 0.588. The van der Waals surface area contributed by atoms with Gasteiger partial charge in [0.15, 0.2) is 5.82 Å². The van der Waals surface area contributed by atoms with Crippen molar-refractivity contribution in [2.24, 2.45) is 5.73 Å². The van der Waals surface area contributed by atoms with Crippen molar-refractivity contribution in [1.82, 2.24) is 24.7 Å². The van der Waals surface area contributed by atoms with Crippen molar-refractivity contribution >= 4 is 27.8 Å². The van der Waals surface area contributed by atoms with Gasteiger partial charge in [-0.2, -0.15) is 5.10 Å². The van der Waals surface area contributed by atoms with Crippen molar-refractivity contribution < 1.29 is 5.11 Å². The van der Waals surface area contributed by atoms with E-state index in [1.807, 2.05) is 23.1 Å². The summed E-state index contributed by atoms with van der Waals surface area (Å²) in [6, 6.07) is 6.13. The van der Waals surface area contributed by atoms with E-state index in [1.54, 1.807) is 6.20 Å². The lowest BCUT2D eigenvalue weighted by molar-refractivity contribution is 0.399.